The van der Waals surface area contributed by atoms with E-state index in [1.807, 2.05) is 0 Å². The van der Waals surface area contributed by atoms with Crippen LogP contribution in [0.1, 0.15) is 147 Å². The molecule has 5 saturated carbocycles. The fraction of sp³-hybridized carbons (Fsp3) is 0.609. The number of hydrogen-bond donors (Lipinski definition) is 2. The summed E-state index contributed by atoms with van der Waals surface area (Å²) in [4.78, 5) is 50.7. The van der Waals surface area contributed by atoms with Crippen LogP contribution in [-0.4, -0.2) is 46.8 Å². The van der Waals surface area contributed by atoms with Crippen molar-refractivity contribution in [1.82, 2.24) is 0 Å². The first-order valence-electron chi connectivity index (χ1n) is 20.1. The van der Waals surface area contributed by atoms with Crippen molar-refractivity contribution >= 4 is 23.9 Å². The molecule has 0 aromatic heterocycles. The smallest absolute Gasteiger partial charge is 0.339 e. The highest BCUT2D eigenvalue weighted by Gasteiger charge is 2.71. The van der Waals surface area contributed by atoms with Crippen LogP contribution in [0.15, 0.2) is 60.7 Å². The van der Waals surface area contributed by atoms with E-state index in [4.69, 9.17) is 9.47 Å². The van der Waals surface area contributed by atoms with Crippen molar-refractivity contribution in [1.29, 1.82) is 0 Å². The van der Waals surface area contributed by atoms with Gasteiger partial charge in [-0.1, -0.05) is 71.0 Å². The van der Waals surface area contributed by atoms with Gasteiger partial charge in [-0.3, -0.25) is 0 Å². The van der Waals surface area contributed by atoms with E-state index in [9.17, 15) is 29.4 Å². The Kier molecular flexibility index (Phi) is 9.49. The molecule has 2 N–H and O–H groups in total. The van der Waals surface area contributed by atoms with E-state index in [1.54, 1.807) is 36.4 Å². The molecule has 0 amide bonds. The van der Waals surface area contributed by atoms with Gasteiger partial charge in [-0.2, -0.15) is 0 Å². The third-order valence-corrected chi connectivity index (χ3v) is 16.7. The van der Waals surface area contributed by atoms with Crippen molar-refractivity contribution in [3.63, 3.8) is 0 Å². The second kappa shape index (κ2) is 13.4. The first-order chi connectivity index (χ1) is 25.4. The van der Waals surface area contributed by atoms with Crippen molar-refractivity contribution in [3.05, 3.63) is 82.9 Å². The molecular weight excluding hydrogens is 680 g/mol. The molecule has 0 aliphatic heterocycles. The van der Waals surface area contributed by atoms with E-state index in [-0.39, 0.29) is 55.4 Å². The van der Waals surface area contributed by atoms with Gasteiger partial charge in [0.05, 0.1) is 28.9 Å². The van der Waals surface area contributed by atoms with Gasteiger partial charge in [0, 0.05) is 10.8 Å². The highest BCUT2D eigenvalue weighted by Crippen LogP contribution is 2.77. The minimum absolute atomic E-state index is 0.0336. The van der Waals surface area contributed by atoms with E-state index >= 15 is 0 Å². The third kappa shape index (κ3) is 5.67. The van der Waals surface area contributed by atoms with Crippen LogP contribution in [0.5, 0.6) is 0 Å². The zero-order valence-corrected chi connectivity index (χ0v) is 32.9. The number of carbonyl (C=O) groups is 4. The van der Waals surface area contributed by atoms with E-state index in [2.05, 4.69) is 48.1 Å². The van der Waals surface area contributed by atoms with Gasteiger partial charge in [0.2, 0.25) is 0 Å². The SMILES string of the molecule is C=C(C)[C@@H]1CC[C@]2(COC(=O)c3ccccc3C(=O)O)CC[C@]3(C)[C@H](CC[C@@H]4[C@]5(C)CC[C@H](OC(=O)c6ccccc6C(=O)O)C(C)(C)[C@@H]5CC[C@]43C)[C@H]12. The molecule has 7 rings (SSSR count). The highest BCUT2D eigenvalue weighted by atomic mass is 16.5. The van der Waals surface area contributed by atoms with Crippen LogP contribution in [0.3, 0.4) is 0 Å². The van der Waals surface area contributed by atoms with Crippen LogP contribution in [0.25, 0.3) is 0 Å². The van der Waals surface area contributed by atoms with E-state index in [1.165, 1.54) is 17.7 Å². The Labute approximate surface area is 320 Å². The molecule has 5 aliphatic rings. The molecule has 0 spiro atoms. The summed E-state index contributed by atoms with van der Waals surface area (Å²) in [6.45, 7) is 19.1. The number of fused-ring (bicyclic) bond motifs is 7. The number of carboxylic acids is 2. The lowest BCUT2D eigenvalue weighted by Crippen LogP contribution is -2.67. The molecule has 10 atom stereocenters. The monoisotopic (exact) mass is 738 g/mol. The highest BCUT2D eigenvalue weighted by molar-refractivity contribution is 6.03. The maximum absolute atomic E-state index is 13.5. The minimum atomic E-state index is -1.14. The Bertz CT molecular complexity index is 1880. The second-order valence-electron chi connectivity index (χ2n) is 19.1. The van der Waals surface area contributed by atoms with Gasteiger partial charge in [-0.15, -0.1) is 0 Å². The van der Waals surface area contributed by atoms with Crippen LogP contribution in [0.2, 0.25) is 0 Å². The molecule has 2 aromatic rings. The molecule has 290 valence electrons. The fourth-order valence-electron chi connectivity index (χ4n) is 13.9. The topological polar surface area (TPSA) is 127 Å². The predicted molar refractivity (Wildman–Crippen MR) is 205 cm³/mol. The molecule has 0 heterocycles. The Morgan fingerprint density at radius 2 is 1.28 bits per heavy atom. The fourth-order valence-corrected chi connectivity index (χ4v) is 13.9. The molecule has 2 aromatic carbocycles. The lowest BCUT2D eigenvalue weighted by atomic mass is 9.32. The number of carbonyl (C=O) groups excluding carboxylic acids is 2. The lowest BCUT2D eigenvalue weighted by molar-refractivity contribution is -0.249. The number of ether oxygens (including phenoxy) is 2. The zero-order valence-electron chi connectivity index (χ0n) is 32.9. The van der Waals surface area contributed by atoms with Crippen molar-refractivity contribution in [2.24, 2.45) is 56.7 Å². The predicted octanol–water partition coefficient (Wildman–Crippen LogP) is 10.1. The Morgan fingerprint density at radius 3 is 1.87 bits per heavy atom. The number of carboxylic acid groups (broad SMARTS) is 2. The van der Waals surface area contributed by atoms with Crippen LogP contribution in [0, 0.1) is 56.7 Å². The van der Waals surface area contributed by atoms with Crippen LogP contribution < -0.4 is 0 Å². The van der Waals surface area contributed by atoms with Gasteiger partial charge in [0.15, 0.2) is 0 Å². The zero-order chi connectivity index (χ0) is 39.0. The van der Waals surface area contributed by atoms with Gasteiger partial charge in [0.1, 0.15) is 6.10 Å². The Hall–Kier alpha value is -3.94. The van der Waals surface area contributed by atoms with Crippen molar-refractivity contribution in [3.8, 4) is 0 Å². The van der Waals surface area contributed by atoms with Crippen molar-refractivity contribution in [2.75, 3.05) is 6.61 Å². The Morgan fingerprint density at radius 1 is 0.685 bits per heavy atom. The van der Waals surface area contributed by atoms with Crippen molar-refractivity contribution < 1.29 is 38.9 Å². The summed E-state index contributed by atoms with van der Waals surface area (Å²) in [5.41, 5.74) is 1.09. The number of allylic oxidation sites excluding steroid dienone is 1. The number of rotatable bonds is 8. The average molecular weight is 739 g/mol. The molecule has 0 radical (unpaired) electrons. The quantitative estimate of drug-likeness (QED) is 0.202. The maximum Gasteiger partial charge on any atom is 0.339 e. The van der Waals surface area contributed by atoms with Crippen molar-refractivity contribution in [2.45, 2.75) is 112 Å². The van der Waals surface area contributed by atoms with Gasteiger partial charge in [0.25, 0.3) is 0 Å². The van der Waals surface area contributed by atoms with Crippen LogP contribution in [0.4, 0.5) is 0 Å². The lowest BCUT2D eigenvalue weighted by Gasteiger charge is -2.73. The molecule has 5 fully saturated rings. The average Bonchev–Trinajstić information content (AvgIpc) is 3.52. The summed E-state index contributed by atoms with van der Waals surface area (Å²) >= 11 is 0. The standard InChI is InChI=1S/C46H58O8/c1-27(2)28-18-23-46(26-53-40(51)31-14-10-8-12-29(31)38(47)48)25-24-44(6)33(37(28)46)16-17-35-43(5)21-20-36(42(3,4)34(43)19-22-45(35,44)7)54-41(52)32-15-11-9-13-30(32)39(49)50/h8-15,28,33-37H,1,16-26H2,2-7H3,(H,47,48)(H,49,50)/t28-,33+,34-,35+,36-,37-,43+,44+,45+,46+/m0/s1. The van der Waals surface area contributed by atoms with Gasteiger partial charge in [-0.05, 0) is 141 Å². The number of benzene rings is 2. The van der Waals surface area contributed by atoms with Gasteiger partial charge in [-0.25, -0.2) is 19.2 Å². The molecule has 0 unspecified atom stereocenters. The number of esters is 2. The molecule has 0 bridgehead atoms. The first kappa shape index (κ1) is 38.3. The van der Waals surface area contributed by atoms with Crippen LogP contribution in [-0.2, 0) is 9.47 Å². The Balaban J connectivity index is 1.14. The molecule has 8 nitrogen and oxygen atoms in total. The summed E-state index contributed by atoms with van der Waals surface area (Å²) in [6.07, 6.45) is 9.77. The number of hydrogen-bond acceptors (Lipinski definition) is 6. The minimum Gasteiger partial charge on any atom is -0.478 e. The van der Waals surface area contributed by atoms with E-state index in [0.717, 1.165) is 64.2 Å². The van der Waals surface area contributed by atoms with Gasteiger partial charge < -0.3 is 19.7 Å². The van der Waals surface area contributed by atoms with E-state index in [0.29, 0.717) is 36.2 Å². The summed E-state index contributed by atoms with van der Waals surface area (Å²) in [6, 6.07) is 12.6. The molecule has 54 heavy (non-hydrogen) atoms. The summed E-state index contributed by atoms with van der Waals surface area (Å²) < 4.78 is 12.4. The molecule has 8 heteroatoms. The normalized spacial score (nSPS) is 37.7. The summed E-state index contributed by atoms with van der Waals surface area (Å²) in [5.74, 6) is -1.43. The maximum atomic E-state index is 13.5. The van der Waals surface area contributed by atoms with Gasteiger partial charge >= 0.3 is 23.9 Å². The second-order valence-corrected chi connectivity index (χ2v) is 19.1. The number of aromatic carboxylic acids is 2. The van der Waals surface area contributed by atoms with E-state index < -0.39 is 23.9 Å². The largest absolute Gasteiger partial charge is 0.478 e. The molecule has 0 saturated heterocycles. The van der Waals surface area contributed by atoms with Crippen LogP contribution >= 0.6 is 0 Å². The summed E-state index contributed by atoms with van der Waals surface area (Å²) in [5, 5.41) is 19.5. The summed E-state index contributed by atoms with van der Waals surface area (Å²) in [7, 11) is 0. The molecule has 5 aliphatic carbocycles. The first-order valence-corrected chi connectivity index (χ1v) is 20.1. The molecular formula is C46H58O8. The third-order valence-electron chi connectivity index (χ3n) is 16.7.